The molecule has 1 amide bonds. The first-order chi connectivity index (χ1) is 10.7. The van der Waals surface area contributed by atoms with Gasteiger partial charge in [-0.05, 0) is 6.92 Å². The Morgan fingerprint density at radius 1 is 1.45 bits per heavy atom. The zero-order valence-corrected chi connectivity index (χ0v) is 13.2. The van der Waals surface area contributed by atoms with Crippen LogP contribution in [0.5, 0.6) is 0 Å². The van der Waals surface area contributed by atoms with Crippen molar-refractivity contribution in [1.29, 1.82) is 0 Å². The van der Waals surface area contributed by atoms with Gasteiger partial charge in [-0.1, -0.05) is 30.3 Å². The second-order valence-electron chi connectivity index (χ2n) is 5.24. The van der Waals surface area contributed by atoms with Crippen LogP contribution in [0.15, 0.2) is 35.7 Å². The van der Waals surface area contributed by atoms with Gasteiger partial charge in [-0.15, -0.1) is 11.3 Å². The number of amides is 1. The first kappa shape index (κ1) is 15.1. The van der Waals surface area contributed by atoms with Crippen molar-refractivity contribution in [2.45, 2.75) is 25.6 Å². The topological polar surface area (TPSA) is 63.2 Å². The number of nitrogens with one attached hydrogen (secondary N) is 2. The van der Waals surface area contributed by atoms with Crippen molar-refractivity contribution in [3.8, 4) is 10.6 Å². The van der Waals surface area contributed by atoms with Crippen molar-refractivity contribution in [1.82, 2.24) is 15.6 Å². The minimum Gasteiger partial charge on any atom is -0.375 e. The zero-order chi connectivity index (χ0) is 15.4. The van der Waals surface area contributed by atoms with Crippen LogP contribution in [0.25, 0.3) is 10.6 Å². The summed E-state index contributed by atoms with van der Waals surface area (Å²) in [7, 11) is 0. The molecular weight excluding hydrogens is 298 g/mol. The lowest BCUT2D eigenvalue weighted by Gasteiger charge is -2.29. The van der Waals surface area contributed by atoms with Gasteiger partial charge < -0.3 is 15.4 Å². The first-order valence-electron chi connectivity index (χ1n) is 7.36. The van der Waals surface area contributed by atoms with Crippen molar-refractivity contribution in [2.75, 3.05) is 13.2 Å². The monoisotopic (exact) mass is 317 g/mol. The molecule has 1 fully saturated rings. The molecule has 116 valence electrons. The van der Waals surface area contributed by atoms with E-state index in [0.29, 0.717) is 19.7 Å². The average molecular weight is 317 g/mol. The summed E-state index contributed by atoms with van der Waals surface area (Å²) in [5.74, 6) is -0.0403. The Balaban J connectivity index is 1.58. The van der Waals surface area contributed by atoms with Gasteiger partial charge in [0.15, 0.2) is 0 Å². The maximum atomic E-state index is 12.2. The van der Waals surface area contributed by atoms with E-state index in [2.05, 4.69) is 15.6 Å². The lowest BCUT2D eigenvalue weighted by atomic mass is 10.1. The summed E-state index contributed by atoms with van der Waals surface area (Å²) in [6.45, 7) is 3.70. The maximum Gasteiger partial charge on any atom is 0.240 e. The van der Waals surface area contributed by atoms with Gasteiger partial charge in [0.2, 0.25) is 5.91 Å². The number of benzene rings is 1. The first-order valence-corrected chi connectivity index (χ1v) is 8.24. The van der Waals surface area contributed by atoms with Crippen molar-refractivity contribution in [2.24, 2.45) is 0 Å². The van der Waals surface area contributed by atoms with E-state index in [-0.39, 0.29) is 18.1 Å². The van der Waals surface area contributed by atoms with E-state index >= 15 is 0 Å². The summed E-state index contributed by atoms with van der Waals surface area (Å²) in [5, 5.41) is 9.06. The number of hydrogen-bond donors (Lipinski definition) is 2. The molecule has 5 nitrogen and oxygen atoms in total. The fourth-order valence-electron chi connectivity index (χ4n) is 2.42. The number of ether oxygens (including phenoxy) is 1. The van der Waals surface area contributed by atoms with Crippen molar-refractivity contribution >= 4 is 17.2 Å². The molecule has 0 radical (unpaired) electrons. The van der Waals surface area contributed by atoms with Crippen LogP contribution in [-0.4, -0.2) is 36.2 Å². The standard InChI is InChI=1S/C16H19N3O2S/c1-11-14(17-7-8-21-11)15(20)18-9-13-10-22-16(19-13)12-5-3-2-4-6-12/h2-6,10-11,14,17H,7-9H2,1H3,(H,18,20)/t11-,14+/m1/s1. The van der Waals surface area contributed by atoms with Gasteiger partial charge >= 0.3 is 0 Å². The molecule has 2 atom stereocenters. The molecule has 1 aliphatic heterocycles. The Kier molecular flexibility index (Phi) is 4.82. The van der Waals surface area contributed by atoms with Gasteiger partial charge in [0, 0.05) is 17.5 Å². The second-order valence-corrected chi connectivity index (χ2v) is 6.09. The quantitative estimate of drug-likeness (QED) is 0.903. The van der Waals surface area contributed by atoms with E-state index < -0.39 is 0 Å². The smallest absolute Gasteiger partial charge is 0.240 e. The van der Waals surface area contributed by atoms with E-state index in [4.69, 9.17) is 4.74 Å². The van der Waals surface area contributed by atoms with Gasteiger partial charge in [-0.2, -0.15) is 0 Å². The molecule has 2 heterocycles. The van der Waals surface area contributed by atoms with Crippen LogP contribution in [0, 0.1) is 0 Å². The third kappa shape index (κ3) is 3.52. The summed E-state index contributed by atoms with van der Waals surface area (Å²) in [6.07, 6.45) is -0.107. The van der Waals surface area contributed by atoms with Crippen LogP contribution >= 0.6 is 11.3 Å². The van der Waals surface area contributed by atoms with E-state index in [9.17, 15) is 4.79 Å². The summed E-state index contributed by atoms with van der Waals surface area (Å²) >= 11 is 1.59. The molecule has 0 aliphatic carbocycles. The molecule has 1 aromatic carbocycles. The lowest BCUT2D eigenvalue weighted by Crippen LogP contribution is -2.55. The van der Waals surface area contributed by atoms with Crippen LogP contribution in [-0.2, 0) is 16.1 Å². The Labute approximate surface area is 133 Å². The number of hydrogen-bond acceptors (Lipinski definition) is 5. The highest BCUT2D eigenvalue weighted by atomic mass is 32.1. The number of morpholine rings is 1. The maximum absolute atomic E-state index is 12.2. The minimum atomic E-state index is -0.291. The number of carbonyl (C=O) groups is 1. The predicted molar refractivity (Wildman–Crippen MR) is 86.6 cm³/mol. The van der Waals surface area contributed by atoms with Gasteiger partial charge in [-0.3, -0.25) is 4.79 Å². The Bertz CT molecular complexity index is 629. The number of nitrogens with zero attached hydrogens (tertiary/aromatic N) is 1. The van der Waals surface area contributed by atoms with Gasteiger partial charge in [-0.25, -0.2) is 4.98 Å². The highest BCUT2D eigenvalue weighted by molar-refractivity contribution is 7.13. The highest BCUT2D eigenvalue weighted by Gasteiger charge is 2.28. The van der Waals surface area contributed by atoms with Crippen molar-refractivity contribution < 1.29 is 9.53 Å². The molecular formula is C16H19N3O2S. The van der Waals surface area contributed by atoms with Gasteiger partial charge in [0.1, 0.15) is 11.0 Å². The Hall–Kier alpha value is -1.76. The molecule has 2 aromatic rings. The number of aromatic nitrogens is 1. The molecule has 3 rings (SSSR count). The van der Waals surface area contributed by atoms with E-state index in [1.54, 1.807) is 11.3 Å². The molecule has 0 saturated carbocycles. The number of rotatable bonds is 4. The van der Waals surface area contributed by atoms with E-state index in [0.717, 1.165) is 16.3 Å². The highest BCUT2D eigenvalue weighted by Crippen LogP contribution is 2.23. The number of thiazole rings is 1. The Morgan fingerprint density at radius 2 is 2.27 bits per heavy atom. The molecule has 1 saturated heterocycles. The van der Waals surface area contributed by atoms with Crippen LogP contribution in [0.2, 0.25) is 0 Å². The molecule has 1 aromatic heterocycles. The second kappa shape index (κ2) is 7.00. The predicted octanol–water partition coefficient (Wildman–Crippen LogP) is 1.80. The summed E-state index contributed by atoms with van der Waals surface area (Å²) in [6, 6.07) is 9.75. The molecule has 0 unspecified atom stereocenters. The normalized spacial score (nSPS) is 21.5. The third-order valence-corrected chi connectivity index (χ3v) is 4.56. The van der Waals surface area contributed by atoms with Gasteiger partial charge in [0.05, 0.1) is 24.9 Å². The SMILES string of the molecule is C[C@H]1OCCN[C@@H]1C(=O)NCc1csc(-c2ccccc2)n1. The average Bonchev–Trinajstić information content (AvgIpc) is 3.03. The number of carbonyl (C=O) groups excluding carboxylic acids is 1. The minimum absolute atomic E-state index is 0.0403. The van der Waals surface area contributed by atoms with Crippen LogP contribution in [0.3, 0.4) is 0 Å². The van der Waals surface area contributed by atoms with E-state index in [1.807, 2.05) is 42.6 Å². The fourth-order valence-corrected chi connectivity index (χ4v) is 3.24. The van der Waals surface area contributed by atoms with Crippen LogP contribution in [0.4, 0.5) is 0 Å². The lowest BCUT2D eigenvalue weighted by molar-refractivity contribution is -0.129. The largest absolute Gasteiger partial charge is 0.375 e. The zero-order valence-electron chi connectivity index (χ0n) is 12.4. The molecule has 2 N–H and O–H groups in total. The molecule has 1 aliphatic rings. The van der Waals surface area contributed by atoms with Gasteiger partial charge in [0.25, 0.3) is 0 Å². The summed E-state index contributed by atoms with van der Waals surface area (Å²) in [5.41, 5.74) is 1.97. The molecule has 6 heteroatoms. The van der Waals surface area contributed by atoms with E-state index in [1.165, 1.54) is 0 Å². The molecule has 0 spiro atoms. The molecule has 22 heavy (non-hydrogen) atoms. The third-order valence-electron chi connectivity index (χ3n) is 3.62. The Morgan fingerprint density at radius 3 is 3.05 bits per heavy atom. The fraction of sp³-hybridized carbons (Fsp3) is 0.375. The van der Waals surface area contributed by atoms with Crippen molar-refractivity contribution in [3.63, 3.8) is 0 Å². The summed E-state index contributed by atoms with van der Waals surface area (Å²) < 4.78 is 5.49. The van der Waals surface area contributed by atoms with Crippen LogP contribution < -0.4 is 10.6 Å². The summed E-state index contributed by atoms with van der Waals surface area (Å²) in [4.78, 5) is 16.7. The van der Waals surface area contributed by atoms with Crippen LogP contribution in [0.1, 0.15) is 12.6 Å². The van der Waals surface area contributed by atoms with Crippen molar-refractivity contribution in [3.05, 3.63) is 41.4 Å². The molecule has 0 bridgehead atoms.